The molecule has 0 unspecified atom stereocenters. The fourth-order valence-electron chi connectivity index (χ4n) is 0.446. The monoisotopic (exact) mass is 81.1 g/mol. The Bertz CT molecular complexity index is 80.1. The van der Waals surface area contributed by atoms with Gasteiger partial charge in [0.2, 0.25) is 0 Å². The third kappa shape index (κ3) is 0.482. The van der Waals surface area contributed by atoms with Gasteiger partial charge in [0.25, 0.3) is 0 Å². The molecule has 6 heavy (non-hydrogen) atoms. The summed E-state index contributed by atoms with van der Waals surface area (Å²) in [6.07, 6.45) is 5.84. The molecule has 32 valence electrons. The minimum Gasteiger partial charge on any atom is -0.286 e. The average molecular weight is 81.1 g/mol. The summed E-state index contributed by atoms with van der Waals surface area (Å²) in [7, 11) is 0. The van der Waals surface area contributed by atoms with Gasteiger partial charge in [-0.1, -0.05) is 6.08 Å². The van der Waals surface area contributed by atoms with Crippen molar-refractivity contribution in [3.8, 4) is 0 Å². The Morgan fingerprint density at radius 3 is 2.67 bits per heavy atom. The highest BCUT2D eigenvalue weighted by Crippen LogP contribution is 1.94. The molecule has 0 aromatic rings. The van der Waals surface area contributed by atoms with Crippen LogP contribution in [0.1, 0.15) is 6.92 Å². The van der Waals surface area contributed by atoms with E-state index in [1.807, 2.05) is 12.3 Å². The zero-order valence-electron chi connectivity index (χ0n) is 3.76. The van der Waals surface area contributed by atoms with Crippen LogP contribution >= 0.6 is 0 Å². The van der Waals surface area contributed by atoms with Crippen LogP contribution in [0.15, 0.2) is 17.1 Å². The van der Waals surface area contributed by atoms with Gasteiger partial charge in [-0.25, -0.2) is 0 Å². The lowest BCUT2D eigenvalue weighted by Gasteiger charge is -1.84. The molecule has 1 atom stereocenters. The Balaban J connectivity index is 2.60. The molecule has 0 bridgehead atoms. The molecule has 0 N–H and O–H groups in total. The van der Waals surface area contributed by atoms with Crippen LogP contribution in [0.4, 0.5) is 0 Å². The molecule has 1 rings (SSSR count). The van der Waals surface area contributed by atoms with Gasteiger partial charge in [0.15, 0.2) is 0 Å². The van der Waals surface area contributed by atoms with E-state index in [1.165, 1.54) is 0 Å². The summed E-state index contributed by atoms with van der Waals surface area (Å²) in [6.45, 7) is 2.06. The van der Waals surface area contributed by atoms with E-state index in [0.717, 1.165) is 0 Å². The van der Waals surface area contributed by atoms with Crippen molar-refractivity contribution in [3.63, 3.8) is 0 Å². The van der Waals surface area contributed by atoms with Crippen LogP contribution < -0.4 is 0 Å². The van der Waals surface area contributed by atoms with Gasteiger partial charge in [0, 0.05) is 6.21 Å². The first-order chi connectivity index (χ1) is 2.89. The summed E-state index contributed by atoms with van der Waals surface area (Å²) in [5.74, 6) is 0. The van der Waals surface area contributed by atoms with Crippen molar-refractivity contribution in [1.29, 1.82) is 0 Å². The number of rotatable bonds is 0. The molecule has 0 spiro atoms. The summed E-state index contributed by atoms with van der Waals surface area (Å²) in [5, 5.41) is 0. The third-order valence-corrected chi connectivity index (χ3v) is 0.797. The largest absolute Gasteiger partial charge is 0.286 e. The molecular formula is C5H7N. The summed E-state index contributed by atoms with van der Waals surface area (Å²) < 4.78 is 0. The van der Waals surface area contributed by atoms with Crippen LogP contribution in [0.2, 0.25) is 0 Å². The van der Waals surface area contributed by atoms with Crippen molar-refractivity contribution in [3.05, 3.63) is 12.2 Å². The van der Waals surface area contributed by atoms with Crippen molar-refractivity contribution in [2.45, 2.75) is 13.0 Å². The molecule has 0 saturated carbocycles. The molecule has 0 amide bonds. The second-order valence-electron chi connectivity index (χ2n) is 1.42. The molecule has 1 aliphatic rings. The van der Waals surface area contributed by atoms with E-state index in [2.05, 4.69) is 18.0 Å². The SMILES string of the molecule is C[C@H]1C=CC=N1. The van der Waals surface area contributed by atoms with Gasteiger partial charge in [-0.15, -0.1) is 0 Å². The van der Waals surface area contributed by atoms with E-state index in [4.69, 9.17) is 0 Å². The average Bonchev–Trinajstić information content (AvgIpc) is 1.86. The molecule has 1 nitrogen and oxygen atoms in total. The van der Waals surface area contributed by atoms with Crippen LogP contribution in [-0.4, -0.2) is 12.3 Å². The number of nitrogens with zero attached hydrogens (tertiary/aromatic N) is 1. The van der Waals surface area contributed by atoms with Gasteiger partial charge < -0.3 is 0 Å². The van der Waals surface area contributed by atoms with E-state index < -0.39 is 0 Å². The number of hydrogen-bond donors (Lipinski definition) is 0. The number of allylic oxidation sites excluding steroid dienone is 1. The molecule has 0 saturated heterocycles. The molecule has 0 radical (unpaired) electrons. The second-order valence-corrected chi connectivity index (χ2v) is 1.42. The fourth-order valence-corrected chi connectivity index (χ4v) is 0.446. The topological polar surface area (TPSA) is 12.4 Å². The van der Waals surface area contributed by atoms with Gasteiger partial charge in [0.05, 0.1) is 6.04 Å². The predicted molar refractivity (Wildman–Crippen MR) is 27.1 cm³/mol. The standard InChI is InChI=1S/C5H7N/c1-5-3-2-4-6-5/h2-5H,1H3/t5-/m0/s1. The van der Waals surface area contributed by atoms with E-state index in [-0.39, 0.29) is 0 Å². The predicted octanol–water partition coefficient (Wildman–Crippen LogP) is 1.02. The second kappa shape index (κ2) is 1.25. The highest BCUT2D eigenvalue weighted by atomic mass is 14.8. The molecule has 1 heteroatoms. The maximum Gasteiger partial charge on any atom is 0.0655 e. The molecule has 0 aromatic heterocycles. The van der Waals surface area contributed by atoms with Crippen LogP contribution in [-0.2, 0) is 0 Å². The van der Waals surface area contributed by atoms with Crippen molar-refractivity contribution in [2.75, 3.05) is 0 Å². The first-order valence-electron chi connectivity index (χ1n) is 2.09. The van der Waals surface area contributed by atoms with Gasteiger partial charge in [-0.2, -0.15) is 0 Å². The molecule has 0 aromatic carbocycles. The van der Waals surface area contributed by atoms with Gasteiger partial charge in [-0.3, -0.25) is 4.99 Å². The van der Waals surface area contributed by atoms with E-state index in [1.54, 1.807) is 0 Å². The van der Waals surface area contributed by atoms with Gasteiger partial charge in [-0.05, 0) is 13.0 Å². The number of aliphatic imine (C=N–C) groups is 1. The lowest BCUT2D eigenvalue weighted by atomic mass is 10.4. The summed E-state index contributed by atoms with van der Waals surface area (Å²) >= 11 is 0. The highest BCUT2D eigenvalue weighted by molar-refractivity contribution is 5.73. The van der Waals surface area contributed by atoms with Crippen molar-refractivity contribution >= 4 is 6.21 Å². The Hall–Kier alpha value is -0.590. The summed E-state index contributed by atoms with van der Waals surface area (Å²) in [5.41, 5.74) is 0. The Labute approximate surface area is 37.4 Å². The zero-order chi connectivity index (χ0) is 4.41. The van der Waals surface area contributed by atoms with Crippen molar-refractivity contribution in [1.82, 2.24) is 0 Å². The maximum atomic E-state index is 4.00. The Kier molecular flexibility index (Phi) is 0.748. The molecule has 1 aliphatic heterocycles. The maximum absolute atomic E-state index is 4.00. The first-order valence-corrected chi connectivity index (χ1v) is 2.09. The van der Waals surface area contributed by atoms with Gasteiger partial charge in [0.1, 0.15) is 0 Å². The lowest BCUT2D eigenvalue weighted by molar-refractivity contribution is 0.950. The third-order valence-electron chi connectivity index (χ3n) is 0.797. The van der Waals surface area contributed by atoms with Crippen molar-refractivity contribution in [2.24, 2.45) is 4.99 Å². The van der Waals surface area contributed by atoms with E-state index >= 15 is 0 Å². The minimum atomic E-state index is 0.435. The Morgan fingerprint density at radius 1 is 1.67 bits per heavy atom. The van der Waals surface area contributed by atoms with Crippen LogP contribution in [0.25, 0.3) is 0 Å². The first kappa shape index (κ1) is 3.59. The quantitative estimate of drug-likeness (QED) is 0.412. The smallest absolute Gasteiger partial charge is 0.0655 e. The fraction of sp³-hybridized carbons (Fsp3) is 0.400. The zero-order valence-corrected chi connectivity index (χ0v) is 3.76. The lowest BCUT2D eigenvalue weighted by Crippen LogP contribution is -1.82. The molecule has 0 aliphatic carbocycles. The molecule has 0 fully saturated rings. The normalized spacial score (nSPS) is 29.2. The van der Waals surface area contributed by atoms with Crippen LogP contribution in [0.3, 0.4) is 0 Å². The highest BCUT2D eigenvalue weighted by Gasteiger charge is 1.90. The van der Waals surface area contributed by atoms with E-state index in [0.29, 0.717) is 6.04 Å². The van der Waals surface area contributed by atoms with Crippen LogP contribution in [0.5, 0.6) is 0 Å². The molecule has 1 heterocycles. The minimum absolute atomic E-state index is 0.435. The Morgan fingerprint density at radius 2 is 2.50 bits per heavy atom. The summed E-state index contributed by atoms with van der Waals surface area (Å²) in [4.78, 5) is 4.00. The van der Waals surface area contributed by atoms with Crippen molar-refractivity contribution < 1.29 is 0 Å². The van der Waals surface area contributed by atoms with Crippen LogP contribution in [0, 0.1) is 0 Å². The van der Waals surface area contributed by atoms with Gasteiger partial charge >= 0.3 is 0 Å². The number of hydrogen-bond acceptors (Lipinski definition) is 1. The summed E-state index contributed by atoms with van der Waals surface area (Å²) in [6, 6.07) is 0.435. The molecular weight excluding hydrogens is 74.1 g/mol. The van der Waals surface area contributed by atoms with E-state index in [9.17, 15) is 0 Å².